The van der Waals surface area contributed by atoms with Gasteiger partial charge in [-0.3, -0.25) is 9.59 Å². The molecular formula is C9H14N2O5. The SMILES string of the molecule is NC(=O)CCNC(=O)C1CCC(C(=O)O)O1. The van der Waals surface area contributed by atoms with Gasteiger partial charge in [0.25, 0.3) is 0 Å². The van der Waals surface area contributed by atoms with Crippen molar-refractivity contribution in [1.82, 2.24) is 5.32 Å². The highest BCUT2D eigenvalue weighted by atomic mass is 16.5. The standard InChI is InChI=1S/C9H14N2O5/c10-7(12)3-4-11-8(13)5-1-2-6(16-5)9(14)15/h5-6H,1-4H2,(H2,10,12)(H,11,13)(H,14,15). The smallest absolute Gasteiger partial charge is 0.332 e. The lowest BCUT2D eigenvalue weighted by atomic mass is 10.2. The number of carboxylic acid groups (broad SMARTS) is 1. The van der Waals surface area contributed by atoms with Crippen molar-refractivity contribution in [2.24, 2.45) is 5.73 Å². The van der Waals surface area contributed by atoms with E-state index in [0.29, 0.717) is 12.8 Å². The van der Waals surface area contributed by atoms with Crippen molar-refractivity contribution in [2.45, 2.75) is 31.5 Å². The minimum atomic E-state index is -1.06. The van der Waals surface area contributed by atoms with Crippen LogP contribution in [0.15, 0.2) is 0 Å². The topological polar surface area (TPSA) is 119 Å². The number of amides is 2. The van der Waals surface area contributed by atoms with E-state index in [1.165, 1.54) is 0 Å². The van der Waals surface area contributed by atoms with E-state index in [0.717, 1.165) is 0 Å². The number of aliphatic carboxylic acids is 1. The number of carbonyl (C=O) groups excluding carboxylic acids is 2. The number of hydrogen-bond donors (Lipinski definition) is 3. The number of ether oxygens (including phenoxy) is 1. The predicted octanol–water partition coefficient (Wildman–Crippen LogP) is -1.39. The summed E-state index contributed by atoms with van der Waals surface area (Å²) in [7, 11) is 0. The van der Waals surface area contributed by atoms with Crippen molar-refractivity contribution < 1.29 is 24.2 Å². The van der Waals surface area contributed by atoms with Crippen LogP contribution in [0.3, 0.4) is 0 Å². The summed E-state index contributed by atoms with van der Waals surface area (Å²) in [5, 5.41) is 11.1. The normalized spacial score (nSPS) is 24.0. The Bertz CT molecular complexity index is 304. The molecule has 7 nitrogen and oxygen atoms in total. The number of carboxylic acids is 1. The zero-order valence-electron chi connectivity index (χ0n) is 8.64. The third-order valence-electron chi connectivity index (χ3n) is 2.26. The molecule has 0 aromatic heterocycles. The van der Waals surface area contributed by atoms with Gasteiger partial charge >= 0.3 is 5.97 Å². The van der Waals surface area contributed by atoms with Gasteiger partial charge in [-0.15, -0.1) is 0 Å². The Hall–Kier alpha value is -1.63. The van der Waals surface area contributed by atoms with E-state index in [4.69, 9.17) is 15.6 Å². The summed E-state index contributed by atoms with van der Waals surface area (Å²) in [5.74, 6) is -1.96. The van der Waals surface area contributed by atoms with Crippen LogP contribution in [0.25, 0.3) is 0 Å². The summed E-state index contributed by atoms with van der Waals surface area (Å²) in [6.07, 6.45) is -0.899. The Kier molecular flexibility index (Phi) is 4.24. The lowest BCUT2D eigenvalue weighted by molar-refractivity contribution is -0.151. The number of carbonyl (C=O) groups is 3. The van der Waals surface area contributed by atoms with E-state index in [9.17, 15) is 14.4 Å². The highest BCUT2D eigenvalue weighted by Crippen LogP contribution is 2.19. The van der Waals surface area contributed by atoms with Crippen LogP contribution in [-0.4, -0.2) is 41.6 Å². The molecule has 1 aliphatic heterocycles. The van der Waals surface area contributed by atoms with Gasteiger partial charge in [-0.2, -0.15) is 0 Å². The minimum Gasteiger partial charge on any atom is -0.479 e. The van der Waals surface area contributed by atoms with Gasteiger partial charge in [0, 0.05) is 13.0 Å². The maximum atomic E-state index is 11.4. The van der Waals surface area contributed by atoms with E-state index < -0.39 is 30.0 Å². The maximum Gasteiger partial charge on any atom is 0.332 e. The third-order valence-corrected chi connectivity index (χ3v) is 2.26. The van der Waals surface area contributed by atoms with Crippen LogP contribution < -0.4 is 11.1 Å². The molecule has 1 heterocycles. The Morgan fingerprint density at radius 1 is 1.31 bits per heavy atom. The predicted molar refractivity (Wildman–Crippen MR) is 52.4 cm³/mol. The van der Waals surface area contributed by atoms with Gasteiger partial charge in [-0.1, -0.05) is 0 Å². The van der Waals surface area contributed by atoms with Crippen LogP contribution in [0.4, 0.5) is 0 Å². The molecule has 1 rings (SSSR count). The second-order valence-corrected chi connectivity index (χ2v) is 3.54. The molecule has 2 atom stereocenters. The number of primary amides is 1. The fourth-order valence-electron chi connectivity index (χ4n) is 1.43. The molecule has 7 heteroatoms. The molecule has 0 bridgehead atoms. The number of rotatable bonds is 5. The Morgan fingerprint density at radius 3 is 2.44 bits per heavy atom. The quantitative estimate of drug-likeness (QED) is 0.537. The first-order valence-electron chi connectivity index (χ1n) is 4.95. The van der Waals surface area contributed by atoms with Gasteiger partial charge in [0.1, 0.15) is 6.10 Å². The van der Waals surface area contributed by atoms with Gasteiger partial charge < -0.3 is 20.9 Å². The molecule has 0 aromatic rings. The number of hydrogen-bond acceptors (Lipinski definition) is 4. The highest BCUT2D eigenvalue weighted by Gasteiger charge is 2.34. The zero-order valence-corrected chi connectivity index (χ0v) is 8.64. The van der Waals surface area contributed by atoms with Crippen molar-refractivity contribution >= 4 is 17.8 Å². The number of nitrogens with one attached hydrogen (secondary N) is 1. The van der Waals surface area contributed by atoms with E-state index in [1.54, 1.807) is 0 Å². The molecule has 2 amide bonds. The Balaban J connectivity index is 2.28. The van der Waals surface area contributed by atoms with Crippen molar-refractivity contribution in [3.8, 4) is 0 Å². The average Bonchev–Trinajstić information content (AvgIpc) is 2.65. The lowest BCUT2D eigenvalue weighted by Crippen LogP contribution is -2.37. The van der Waals surface area contributed by atoms with Crippen molar-refractivity contribution in [2.75, 3.05) is 6.54 Å². The van der Waals surface area contributed by atoms with Gasteiger partial charge in [-0.25, -0.2) is 4.79 Å². The van der Waals surface area contributed by atoms with Gasteiger partial charge in [0.05, 0.1) is 0 Å². The van der Waals surface area contributed by atoms with Crippen LogP contribution in [0.2, 0.25) is 0 Å². The molecule has 0 aromatic carbocycles. The van der Waals surface area contributed by atoms with Crippen LogP contribution in [0, 0.1) is 0 Å². The molecule has 90 valence electrons. The van der Waals surface area contributed by atoms with E-state index >= 15 is 0 Å². The molecule has 0 aliphatic carbocycles. The zero-order chi connectivity index (χ0) is 12.1. The molecule has 0 saturated carbocycles. The number of nitrogens with two attached hydrogens (primary N) is 1. The first-order valence-corrected chi connectivity index (χ1v) is 4.95. The summed E-state index contributed by atoms with van der Waals surface area (Å²) < 4.78 is 5.01. The van der Waals surface area contributed by atoms with E-state index in [2.05, 4.69) is 5.32 Å². The molecular weight excluding hydrogens is 216 g/mol. The fraction of sp³-hybridized carbons (Fsp3) is 0.667. The molecule has 1 aliphatic rings. The summed E-state index contributed by atoms with van der Waals surface area (Å²) >= 11 is 0. The maximum absolute atomic E-state index is 11.4. The van der Waals surface area contributed by atoms with Crippen molar-refractivity contribution in [3.05, 3.63) is 0 Å². The molecule has 1 fully saturated rings. The fourth-order valence-corrected chi connectivity index (χ4v) is 1.43. The Labute approximate surface area is 91.9 Å². The molecule has 2 unspecified atom stereocenters. The first-order chi connectivity index (χ1) is 7.50. The first kappa shape index (κ1) is 12.4. The van der Waals surface area contributed by atoms with Gasteiger partial charge in [0.2, 0.25) is 11.8 Å². The highest BCUT2D eigenvalue weighted by molar-refractivity contribution is 5.83. The van der Waals surface area contributed by atoms with E-state index in [-0.39, 0.29) is 13.0 Å². The second-order valence-electron chi connectivity index (χ2n) is 3.54. The molecule has 0 radical (unpaired) electrons. The second kappa shape index (κ2) is 5.45. The summed E-state index contributed by atoms with van der Waals surface area (Å²) in [5.41, 5.74) is 4.89. The van der Waals surface area contributed by atoms with Crippen LogP contribution in [0.1, 0.15) is 19.3 Å². The monoisotopic (exact) mass is 230 g/mol. The Morgan fingerprint density at radius 2 is 1.94 bits per heavy atom. The largest absolute Gasteiger partial charge is 0.479 e. The van der Waals surface area contributed by atoms with Crippen molar-refractivity contribution in [1.29, 1.82) is 0 Å². The van der Waals surface area contributed by atoms with E-state index in [1.807, 2.05) is 0 Å². The van der Waals surface area contributed by atoms with Crippen LogP contribution >= 0.6 is 0 Å². The molecule has 1 saturated heterocycles. The molecule has 16 heavy (non-hydrogen) atoms. The van der Waals surface area contributed by atoms with Crippen LogP contribution in [-0.2, 0) is 19.1 Å². The summed E-state index contributed by atoms with van der Waals surface area (Å²) in [6.45, 7) is 0.145. The summed E-state index contributed by atoms with van der Waals surface area (Å²) in [4.78, 5) is 32.4. The molecule has 4 N–H and O–H groups in total. The summed E-state index contributed by atoms with van der Waals surface area (Å²) in [6, 6.07) is 0. The van der Waals surface area contributed by atoms with Gasteiger partial charge in [0.15, 0.2) is 6.10 Å². The third kappa shape index (κ3) is 3.50. The van der Waals surface area contributed by atoms with Crippen molar-refractivity contribution in [3.63, 3.8) is 0 Å². The minimum absolute atomic E-state index is 0.0564. The van der Waals surface area contributed by atoms with Gasteiger partial charge in [-0.05, 0) is 12.8 Å². The molecule has 0 spiro atoms. The lowest BCUT2D eigenvalue weighted by Gasteiger charge is -2.10. The average molecular weight is 230 g/mol. The van der Waals surface area contributed by atoms with Crippen LogP contribution in [0.5, 0.6) is 0 Å².